The van der Waals surface area contributed by atoms with E-state index < -0.39 is 34.9 Å². The summed E-state index contributed by atoms with van der Waals surface area (Å²) in [5, 5.41) is 9.11. The number of amides is 2. The zero-order valence-corrected chi connectivity index (χ0v) is 22.9. The molecule has 0 unspecified atom stereocenters. The van der Waals surface area contributed by atoms with Crippen molar-refractivity contribution in [3.63, 3.8) is 0 Å². The summed E-state index contributed by atoms with van der Waals surface area (Å²) in [5.41, 5.74) is -1.42. The summed E-state index contributed by atoms with van der Waals surface area (Å²) in [6.07, 6.45) is -4.80. The molecule has 0 atom stereocenters. The first-order valence-electron chi connectivity index (χ1n) is 10.1. The quantitative estimate of drug-likeness (QED) is 0.319. The molecular weight excluding hydrogens is 617 g/mol. The van der Waals surface area contributed by atoms with Gasteiger partial charge in [-0.25, -0.2) is 4.68 Å². The monoisotopic (exact) mass is 634 g/mol. The molecule has 0 fully saturated rings. The van der Waals surface area contributed by atoms with E-state index in [1.165, 1.54) is 12.1 Å². The molecule has 1 heterocycles. The molecule has 186 valence electrons. The third-order valence-electron chi connectivity index (χ3n) is 4.66. The van der Waals surface area contributed by atoms with Gasteiger partial charge < -0.3 is 10.6 Å². The highest BCUT2D eigenvalue weighted by atomic mass is 79.9. The third kappa shape index (κ3) is 6.25. The second-order valence-electron chi connectivity index (χ2n) is 8.70. The Labute approximate surface area is 221 Å². The van der Waals surface area contributed by atoms with Crippen LogP contribution in [0.3, 0.4) is 0 Å². The first-order chi connectivity index (χ1) is 16.1. The van der Waals surface area contributed by atoms with Gasteiger partial charge in [0.2, 0.25) is 0 Å². The molecule has 0 saturated heterocycles. The molecule has 3 aromatic rings. The van der Waals surface area contributed by atoms with Crippen LogP contribution in [0.4, 0.5) is 18.9 Å². The van der Waals surface area contributed by atoms with Crippen LogP contribution in [0.1, 0.15) is 52.9 Å². The van der Waals surface area contributed by atoms with Gasteiger partial charge >= 0.3 is 6.18 Å². The summed E-state index contributed by atoms with van der Waals surface area (Å²) in [4.78, 5) is 26.3. The number of anilines is 1. The minimum atomic E-state index is -4.80. The number of alkyl halides is 3. The summed E-state index contributed by atoms with van der Waals surface area (Å²) in [6.45, 7) is 7.01. The predicted octanol–water partition coefficient (Wildman–Crippen LogP) is 7.16. The number of aryl methyl sites for hydroxylation is 1. The van der Waals surface area contributed by atoms with Crippen LogP contribution in [0.2, 0.25) is 5.02 Å². The van der Waals surface area contributed by atoms with Crippen molar-refractivity contribution in [1.29, 1.82) is 0 Å². The van der Waals surface area contributed by atoms with Gasteiger partial charge in [0.25, 0.3) is 11.8 Å². The Morgan fingerprint density at radius 3 is 2.29 bits per heavy atom. The van der Waals surface area contributed by atoms with E-state index in [1.54, 1.807) is 45.9 Å². The Morgan fingerprint density at radius 1 is 1.06 bits per heavy atom. The Hall–Kier alpha value is -2.37. The zero-order chi connectivity index (χ0) is 26.3. The lowest BCUT2D eigenvalue weighted by molar-refractivity contribution is -0.141. The molecule has 12 heteroatoms. The molecule has 0 aliphatic rings. The van der Waals surface area contributed by atoms with Gasteiger partial charge in [0.1, 0.15) is 5.69 Å². The first-order valence-corrected chi connectivity index (χ1v) is 12.1. The summed E-state index contributed by atoms with van der Waals surface area (Å²) >= 11 is 12.9. The minimum Gasteiger partial charge on any atom is -0.347 e. The van der Waals surface area contributed by atoms with E-state index in [4.69, 9.17) is 11.6 Å². The second kappa shape index (κ2) is 9.94. The number of benzene rings is 2. The Kier molecular flexibility index (Phi) is 7.73. The Balaban J connectivity index is 2.13. The number of halogens is 6. The number of para-hydroxylation sites is 1. The molecule has 1 aromatic heterocycles. The molecule has 2 amide bonds. The topological polar surface area (TPSA) is 76.0 Å². The maximum Gasteiger partial charge on any atom is 0.435 e. The van der Waals surface area contributed by atoms with Crippen molar-refractivity contribution in [3.8, 4) is 5.69 Å². The van der Waals surface area contributed by atoms with Crippen LogP contribution in [0, 0.1) is 6.92 Å². The maximum absolute atomic E-state index is 13.5. The average molecular weight is 637 g/mol. The third-order valence-corrected chi connectivity index (χ3v) is 6.05. The highest BCUT2D eigenvalue weighted by Gasteiger charge is 2.37. The van der Waals surface area contributed by atoms with E-state index >= 15 is 0 Å². The van der Waals surface area contributed by atoms with Crippen molar-refractivity contribution in [3.05, 3.63) is 72.9 Å². The van der Waals surface area contributed by atoms with E-state index in [1.807, 2.05) is 0 Å². The lowest BCUT2D eigenvalue weighted by Crippen LogP contribution is -2.41. The molecule has 0 aliphatic carbocycles. The molecule has 6 nitrogen and oxygen atoms in total. The van der Waals surface area contributed by atoms with Crippen LogP contribution in [-0.4, -0.2) is 27.1 Å². The largest absolute Gasteiger partial charge is 0.435 e. The molecule has 3 rings (SSSR count). The number of carbonyl (C=O) groups excluding carboxylic acids is 2. The average Bonchev–Trinajstić information content (AvgIpc) is 3.14. The van der Waals surface area contributed by atoms with Crippen molar-refractivity contribution in [2.24, 2.45) is 0 Å². The number of nitrogens with zero attached hydrogens (tertiary/aromatic N) is 2. The number of rotatable bonds is 4. The smallest absolute Gasteiger partial charge is 0.347 e. The maximum atomic E-state index is 13.5. The fourth-order valence-corrected chi connectivity index (χ4v) is 4.83. The van der Waals surface area contributed by atoms with Gasteiger partial charge in [-0.05, 0) is 67.4 Å². The highest BCUT2D eigenvalue weighted by molar-refractivity contribution is 9.11. The molecule has 2 aromatic carbocycles. The van der Waals surface area contributed by atoms with Crippen LogP contribution < -0.4 is 10.6 Å². The summed E-state index contributed by atoms with van der Waals surface area (Å²) < 4.78 is 42.3. The van der Waals surface area contributed by atoms with E-state index in [9.17, 15) is 22.8 Å². The zero-order valence-electron chi connectivity index (χ0n) is 18.9. The van der Waals surface area contributed by atoms with Crippen LogP contribution >= 0.6 is 43.5 Å². The van der Waals surface area contributed by atoms with Crippen LogP contribution in [-0.2, 0) is 6.18 Å². The van der Waals surface area contributed by atoms with Crippen LogP contribution in [0.5, 0.6) is 0 Å². The standard InChI is InChI=1S/C23H20Br2ClF3N4O2/c1-11-6-5-7-15(26)19(11)33-16(10-17(32-33)23(27,28)29)21(35)30-18-13(8-12(24)9-14(18)25)20(34)31-22(2,3)4/h5-10H,1-4H3,(H,30,35)(H,31,34). The van der Waals surface area contributed by atoms with Crippen LogP contribution in [0.25, 0.3) is 5.69 Å². The minimum absolute atomic E-state index is 0.0807. The highest BCUT2D eigenvalue weighted by Crippen LogP contribution is 2.34. The fraction of sp³-hybridized carbons (Fsp3) is 0.261. The lowest BCUT2D eigenvalue weighted by Gasteiger charge is -2.22. The molecule has 0 radical (unpaired) electrons. The SMILES string of the molecule is Cc1cccc(Cl)c1-n1nc(C(F)(F)F)cc1C(=O)Nc1c(Br)cc(Br)cc1C(=O)NC(C)(C)C. The van der Waals surface area contributed by atoms with Gasteiger partial charge in [0.05, 0.1) is 22.0 Å². The van der Waals surface area contributed by atoms with Gasteiger partial charge in [-0.15, -0.1) is 0 Å². The summed E-state index contributed by atoms with van der Waals surface area (Å²) in [6, 6.07) is 8.49. The van der Waals surface area contributed by atoms with E-state index in [2.05, 4.69) is 47.6 Å². The van der Waals surface area contributed by atoms with Crippen molar-refractivity contribution >= 4 is 61.0 Å². The number of hydrogen-bond acceptors (Lipinski definition) is 3. The van der Waals surface area contributed by atoms with Crippen molar-refractivity contribution in [1.82, 2.24) is 15.1 Å². The normalized spacial score (nSPS) is 11.9. The van der Waals surface area contributed by atoms with Crippen molar-refractivity contribution in [2.45, 2.75) is 39.4 Å². The fourth-order valence-electron chi connectivity index (χ4n) is 3.21. The molecule has 2 N–H and O–H groups in total. The van der Waals surface area contributed by atoms with E-state index in [0.29, 0.717) is 20.6 Å². The summed E-state index contributed by atoms with van der Waals surface area (Å²) in [5.74, 6) is -1.40. The molecule has 0 spiro atoms. The molecule has 35 heavy (non-hydrogen) atoms. The predicted molar refractivity (Wildman–Crippen MR) is 135 cm³/mol. The molecule has 0 aliphatic heterocycles. The van der Waals surface area contributed by atoms with E-state index in [-0.39, 0.29) is 22.0 Å². The summed E-state index contributed by atoms with van der Waals surface area (Å²) in [7, 11) is 0. The first kappa shape index (κ1) is 27.2. The Morgan fingerprint density at radius 2 is 1.71 bits per heavy atom. The van der Waals surface area contributed by atoms with Gasteiger partial charge in [-0.2, -0.15) is 18.3 Å². The lowest BCUT2D eigenvalue weighted by atomic mass is 10.1. The van der Waals surface area contributed by atoms with Crippen LogP contribution in [0.15, 0.2) is 45.3 Å². The van der Waals surface area contributed by atoms with E-state index in [0.717, 1.165) is 4.68 Å². The number of nitrogens with one attached hydrogen (secondary N) is 2. The van der Waals surface area contributed by atoms with Crippen molar-refractivity contribution in [2.75, 3.05) is 5.32 Å². The molecule has 0 bridgehead atoms. The van der Waals surface area contributed by atoms with Gasteiger partial charge in [0, 0.05) is 20.6 Å². The van der Waals surface area contributed by atoms with Gasteiger partial charge in [0.15, 0.2) is 5.69 Å². The second-order valence-corrected chi connectivity index (χ2v) is 10.9. The number of carbonyl (C=O) groups is 2. The Bertz CT molecular complexity index is 1300. The van der Waals surface area contributed by atoms with Crippen molar-refractivity contribution < 1.29 is 22.8 Å². The molecular formula is C23H20Br2ClF3N4O2. The number of aromatic nitrogens is 2. The number of hydrogen-bond donors (Lipinski definition) is 2. The van der Waals surface area contributed by atoms with Gasteiger partial charge in [-0.3, -0.25) is 9.59 Å². The molecule has 0 saturated carbocycles. The van der Waals surface area contributed by atoms with Gasteiger partial charge in [-0.1, -0.05) is 39.7 Å².